The van der Waals surface area contributed by atoms with Crippen LogP contribution in [0.2, 0.25) is 5.02 Å². The fourth-order valence-electron chi connectivity index (χ4n) is 1.81. The maximum Gasteiger partial charge on any atom is 0.135 e. The van der Waals surface area contributed by atoms with Gasteiger partial charge in [-0.25, -0.2) is 0 Å². The van der Waals surface area contributed by atoms with E-state index < -0.39 is 0 Å². The van der Waals surface area contributed by atoms with Gasteiger partial charge in [-0.3, -0.25) is 4.98 Å². The molecule has 1 aromatic carbocycles. The first-order valence-electron chi connectivity index (χ1n) is 6.66. The van der Waals surface area contributed by atoms with E-state index in [-0.39, 0.29) is 0 Å². The number of ether oxygens (including phenoxy) is 1. The maximum atomic E-state index is 5.99. The van der Waals surface area contributed by atoms with Crippen molar-refractivity contribution in [1.29, 1.82) is 0 Å². The molecule has 2 aromatic rings. The summed E-state index contributed by atoms with van der Waals surface area (Å²) in [5.74, 6) is 1.63. The molecule has 0 saturated heterocycles. The second-order valence-corrected chi connectivity index (χ2v) is 5.47. The molecule has 20 heavy (non-hydrogen) atoms. The van der Waals surface area contributed by atoms with Crippen molar-refractivity contribution in [2.24, 2.45) is 0 Å². The van der Waals surface area contributed by atoms with Gasteiger partial charge in [0.25, 0.3) is 0 Å². The Hall–Kier alpha value is -1.58. The number of nitrogens with zero attached hydrogens (tertiary/aromatic N) is 1. The smallest absolute Gasteiger partial charge is 0.135 e. The minimum atomic E-state index is 0.417. The van der Waals surface area contributed by atoms with Crippen LogP contribution in [-0.2, 0) is 6.54 Å². The molecule has 0 radical (unpaired) electrons. The van der Waals surface area contributed by atoms with Gasteiger partial charge in [-0.2, -0.15) is 0 Å². The van der Waals surface area contributed by atoms with Gasteiger partial charge in [-0.1, -0.05) is 25.4 Å². The molecular formula is C16H19ClN2O. The van der Waals surface area contributed by atoms with Crippen LogP contribution in [-0.4, -0.2) is 11.0 Å². The van der Waals surface area contributed by atoms with E-state index in [1.807, 2.05) is 37.4 Å². The molecule has 3 nitrogen and oxygen atoms in total. The third-order valence-corrected chi connectivity index (χ3v) is 3.15. The monoisotopic (exact) mass is 290 g/mol. The molecule has 0 atom stereocenters. The minimum absolute atomic E-state index is 0.417. The van der Waals surface area contributed by atoms with Crippen LogP contribution in [0.5, 0.6) is 11.5 Å². The molecule has 0 unspecified atom stereocenters. The Morgan fingerprint density at radius 2 is 2.05 bits per heavy atom. The number of aromatic nitrogens is 1. The standard InChI is InChI=1S/C16H19ClN2O/c1-11(2)19-10-13-9-18-7-6-16(13)20-15-5-4-14(17)8-12(15)3/h4-9,11,19H,10H2,1-3H3. The molecule has 0 aliphatic carbocycles. The highest BCUT2D eigenvalue weighted by Gasteiger charge is 2.07. The molecule has 4 heteroatoms. The summed E-state index contributed by atoms with van der Waals surface area (Å²) in [4.78, 5) is 4.16. The van der Waals surface area contributed by atoms with Gasteiger partial charge >= 0.3 is 0 Å². The van der Waals surface area contributed by atoms with E-state index >= 15 is 0 Å². The number of aryl methyl sites for hydroxylation is 1. The van der Waals surface area contributed by atoms with Crippen LogP contribution in [0.25, 0.3) is 0 Å². The van der Waals surface area contributed by atoms with Gasteiger partial charge < -0.3 is 10.1 Å². The Bertz CT molecular complexity index is 584. The first-order valence-corrected chi connectivity index (χ1v) is 7.04. The number of nitrogens with one attached hydrogen (secondary N) is 1. The van der Waals surface area contributed by atoms with Crippen molar-refractivity contribution in [2.45, 2.75) is 33.4 Å². The second kappa shape index (κ2) is 6.73. The van der Waals surface area contributed by atoms with Gasteiger partial charge in [-0.05, 0) is 36.8 Å². The summed E-state index contributed by atoms with van der Waals surface area (Å²) in [6, 6.07) is 7.91. The van der Waals surface area contributed by atoms with Gasteiger partial charge in [0.15, 0.2) is 0 Å². The number of benzene rings is 1. The summed E-state index contributed by atoms with van der Waals surface area (Å²) in [5, 5.41) is 4.08. The summed E-state index contributed by atoms with van der Waals surface area (Å²) in [6.07, 6.45) is 3.56. The van der Waals surface area contributed by atoms with Crippen molar-refractivity contribution >= 4 is 11.6 Å². The quantitative estimate of drug-likeness (QED) is 0.890. The number of hydrogen-bond donors (Lipinski definition) is 1. The summed E-state index contributed by atoms with van der Waals surface area (Å²) in [6.45, 7) is 6.93. The predicted molar refractivity (Wildman–Crippen MR) is 82.5 cm³/mol. The minimum Gasteiger partial charge on any atom is -0.457 e. The van der Waals surface area contributed by atoms with E-state index in [1.54, 1.807) is 6.20 Å². The SMILES string of the molecule is Cc1cc(Cl)ccc1Oc1ccncc1CNC(C)C. The zero-order valence-electron chi connectivity index (χ0n) is 12.0. The van der Waals surface area contributed by atoms with Gasteiger partial charge in [0, 0.05) is 35.6 Å². The molecule has 0 aliphatic rings. The lowest BCUT2D eigenvalue weighted by Gasteiger charge is -2.14. The van der Waals surface area contributed by atoms with E-state index in [0.29, 0.717) is 11.1 Å². The number of halogens is 1. The lowest BCUT2D eigenvalue weighted by atomic mass is 10.2. The molecular weight excluding hydrogens is 272 g/mol. The van der Waals surface area contributed by atoms with E-state index in [2.05, 4.69) is 24.1 Å². The Balaban J connectivity index is 2.20. The average molecular weight is 291 g/mol. The molecule has 0 bridgehead atoms. The van der Waals surface area contributed by atoms with E-state index in [0.717, 1.165) is 29.2 Å². The molecule has 0 spiro atoms. The van der Waals surface area contributed by atoms with Gasteiger partial charge in [0.2, 0.25) is 0 Å². The molecule has 1 aromatic heterocycles. The first kappa shape index (κ1) is 14.8. The van der Waals surface area contributed by atoms with Crippen molar-refractivity contribution in [3.05, 3.63) is 52.8 Å². The summed E-state index contributed by atoms with van der Waals surface area (Å²) in [5.41, 5.74) is 2.05. The molecule has 0 amide bonds. The Kier molecular flexibility index (Phi) is 4.99. The van der Waals surface area contributed by atoms with Crippen LogP contribution in [0.3, 0.4) is 0 Å². The number of pyridine rings is 1. The first-order chi connectivity index (χ1) is 9.56. The topological polar surface area (TPSA) is 34.1 Å². The predicted octanol–water partition coefficient (Wildman–Crippen LogP) is 4.33. The van der Waals surface area contributed by atoms with E-state index in [9.17, 15) is 0 Å². The van der Waals surface area contributed by atoms with Crippen molar-refractivity contribution in [3.8, 4) is 11.5 Å². The average Bonchev–Trinajstić information content (AvgIpc) is 2.41. The normalized spacial score (nSPS) is 10.8. The summed E-state index contributed by atoms with van der Waals surface area (Å²) < 4.78 is 5.99. The lowest BCUT2D eigenvalue weighted by molar-refractivity contribution is 0.465. The maximum absolute atomic E-state index is 5.99. The highest BCUT2D eigenvalue weighted by atomic mass is 35.5. The highest BCUT2D eigenvalue weighted by Crippen LogP contribution is 2.29. The summed E-state index contributed by atoms with van der Waals surface area (Å²) >= 11 is 5.96. The Morgan fingerprint density at radius 1 is 1.25 bits per heavy atom. The third-order valence-electron chi connectivity index (χ3n) is 2.92. The molecule has 0 aliphatic heterocycles. The molecule has 0 saturated carbocycles. The molecule has 2 rings (SSSR count). The van der Waals surface area contributed by atoms with Gasteiger partial charge in [0.1, 0.15) is 11.5 Å². The van der Waals surface area contributed by atoms with Crippen LogP contribution < -0.4 is 10.1 Å². The molecule has 0 fully saturated rings. The fourth-order valence-corrected chi connectivity index (χ4v) is 2.03. The van der Waals surface area contributed by atoms with Crippen LogP contribution >= 0.6 is 11.6 Å². The van der Waals surface area contributed by atoms with Crippen LogP contribution in [0.4, 0.5) is 0 Å². The van der Waals surface area contributed by atoms with Crippen LogP contribution in [0.1, 0.15) is 25.0 Å². The molecule has 1 heterocycles. The number of hydrogen-bond acceptors (Lipinski definition) is 3. The van der Waals surface area contributed by atoms with Gasteiger partial charge in [0.05, 0.1) is 0 Å². The van der Waals surface area contributed by atoms with Crippen molar-refractivity contribution in [3.63, 3.8) is 0 Å². The Morgan fingerprint density at radius 3 is 2.75 bits per heavy atom. The van der Waals surface area contributed by atoms with Crippen molar-refractivity contribution in [1.82, 2.24) is 10.3 Å². The largest absolute Gasteiger partial charge is 0.457 e. The lowest BCUT2D eigenvalue weighted by Crippen LogP contribution is -2.22. The van der Waals surface area contributed by atoms with Gasteiger partial charge in [-0.15, -0.1) is 0 Å². The highest BCUT2D eigenvalue weighted by molar-refractivity contribution is 6.30. The van der Waals surface area contributed by atoms with E-state index in [1.165, 1.54) is 0 Å². The Labute approximate surface area is 124 Å². The second-order valence-electron chi connectivity index (χ2n) is 5.03. The van der Waals surface area contributed by atoms with Crippen molar-refractivity contribution < 1.29 is 4.74 Å². The zero-order valence-corrected chi connectivity index (χ0v) is 12.7. The van der Waals surface area contributed by atoms with E-state index in [4.69, 9.17) is 16.3 Å². The number of rotatable bonds is 5. The zero-order chi connectivity index (χ0) is 14.5. The fraction of sp³-hybridized carbons (Fsp3) is 0.312. The van der Waals surface area contributed by atoms with Crippen LogP contribution in [0, 0.1) is 6.92 Å². The van der Waals surface area contributed by atoms with Crippen molar-refractivity contribution in [2.75, 3.05) is 0 Å². The molecule has 1 N–H and O–H groups in total. The summed E-state index contributed by atoms with van der Waals surface area (Å²) in [7, 11) is 0. The van der Waals surface area contributed by atoms with Crippen LogP contribution in [0.15, 0.2) is 36.7 Å². The third kappa shape index (κ3) is 3.95. The molecule has 106 valence electrons.